The number of benzene rings is 2. The van der Waals surface area contributed by atoms with Gasteiger partial charge in [-0.05, 0) is 74.0 Å². The molecule has 0 spiro atoms. The molecule has 0 unspecified atom stereocenters. The molecule has 2 aromatic carbocycles. The monoisotopic (exact) mass is 343 g/mol. The number of rotatable bonds is 6. The lowest BCUT2D eigenvalue weighted by atomic mass is 9.90. The second kappa shape index (κ2) is 8.55. The Morgan fingerprint density at radius 2 is 1.83 bits per heavy atom. The molecular weight excluding hydrogens is 318 g/mol. The van der Waals surface area contributed by atoms with Gasteiger partial charge in [-0.25, -0.2) is 0 Å². The van der Waals surface area contributed by atoms with Crippen LogP contribution in [0.25, 0.3) is 0 Å². The van der Waals surface area contributed by atoms with Crippen molar-refractivity contribution in [3.05, 3.63) is 64.7 Å². The number of ether oxygens (including phenoxy) is 1. The van der Waals surface area contributed by atoms with E-state index in [1.165, 1.54) is 37.1 Å². The Bertz CT molecular complexity index is 636. The van der Waals surface area contributed by atoms with Gasteiger partial charge in [0, 0.05) is 11.6 Å². The summed E-state index contributed by atoms with van der Waals surface area (Å²) < 4.78 is 5.32. The molecule has 0 saturated carbocycles. The fourth-order valence-electron chi connectivity index (χ4n) is 3.49. The lowest BCUT2D eigenvalue weighted by molar-refractivity contribution is 0.186. The van der Waals surface area contributed by atoms with Crippen molar-refractivity contribution in [3.63, 3.8) is 0 Å². The number of likely N-dealkylation sites (tertiary alicyclic amines) is 1. The highest BCUT2D eigenvalue weighted by Gasteiger charge is 2.20. The van der Waals surface area contributed by atoms with Gasteiger partial charge in [-0.1, -0.05) is 41.9 Å². The summed E-state index contributed by atoms with van der Waals surface area (Å²) in [5, 5.41) is 0.863. The summed E-state index contributed by atoms with van der Waals surface area (Å²) in [6.07, 6.45) is 4.71. The normalized spacial score (nSPS) is 16.2. The van der Waals surface area contributed by atoms with E-state index in [0.29, 0.717) is 0 Å². The first-order valence-corrected chi connectivity index (χ1v) is 9.21. The fourth-order valence-corrected chi connectivity index (χ4v) is 3.69. The number of hydrogen-bond acceptors (Lipinski definition) is 2. The Hall–Kier alpha value is -1.51. The van der Waals surface area contributed by atoms with Gasteiger partial charge in [-0.3, -0.25) is 0 Å². The highest BCUT2D eigenvalue weighted by molar-refractivity contribution is 6.31. The van der Waals surface area contributed by atoms with E-state index in [-0.39, 0.29) is 0 Å². The summed E-state index contributed by atoms with van der Waals surface area (Å²) in [5.41, 5.74) is 2.65. The van der Waals surface area contributed by atoms with Crippen LogP contribution in [0.15, 0.2) is 48.5 Å². The number of piperidine rings is 1. The predicted molar refractivity (Wildman–Crippen MR) is 101 cm³/mol. The van der Waals surface area contributed by atoms with Gasteiger partial charge in [0.15, 0.2) is 0 Å². The molecule has 1 saturated heterocycles. The minimum atomic E-state index is 0.725. The standard InChI is InChI=1S/C21H26ClNO/c1-24-20-7-8-21(22)19(16-20)15-18-10-13-23(14-11-18)12-9-17-5-3-2-4-6-17/h2-8,16,18H,9-15H2,1H3. The zero-order valence-corrected chi connectivity index (χ0v) is 15.1. The second-order valence-corrected chi connectivity index (χ2v) is 7.09. The lowest BCUT2D eigenvalue weighted by Crippen LogP contribution is -2.35. The van der Waals surface area contributed by atoms with Crippen LogP contribution in [0.4, 0.5) is 0 Å². The molecular formula is C21H26ClNO. The van der Waals surface area contributed by atoms with Crippen LogP contribution >= 0.6 is 11.6 Å². The van der Waals surface area contributed by atoms with Gasteiger partial charge >= 0.3 is 0 Å². The highest BCUT2D eigenvalue weighted by atomic mass is 35.5. The van der Waals surface area contributed by atoms with Crippen molar-refractivity contribution in [2.75, 3.05) is 26.7 Å². The molecule has 3 heteroatoms. The SMILES string of the molecule is COc1ccc(Cl)c(CC2CCN(CCc3ccccc3)CC2)c1. The maximum absolute atomic E-state index is 6.35. The smallest absolute Gasteiger partial charge is 0.119 e. The number of methoxy groups -OCH3 is 1. The fraction of sp³-hybridized carbons (Fsp3) is 0.429. The summed E-state index contributed by atoms with van der Waals surface area (Å²) >= 11 is 6.35. The van der Waals surface area contributed by atoms with Crippen molar-refractivity contribution < 1.29 is 4.74 Å². The van der Waals surface area contributed by atoms with Crippen molar-refractivity contribution in [1.82, 2.24) is 4.90 Å². The molecule has 0 amide bonds. The Morgan fingerprint density at radius 3 is 2.54 bits per heavy atom. The summed E-state index contributed by atoms with van der Waals surface area (Å²) in [5.74, 6) is 1.62. The van der Waals surface area contributed by atoms with Gasteiger partial charge in [-0.2, -0.15) is 0 Å². The van der Waals surface area contributed by atoms with E-state index in [4.69, 9.17) is 16.3 Å². The molecule has 1 heterocycles. The molecule has 0 atom stereocenters. The minimum Gasteiger partial charge on any atom is -0.497 e. The van der Waals surface area contributed by atoms with E-state index in [9.17, 15) is 0 Å². The maximum Gasteiger partial charge on any atom is 0.119 e. The minimum absolute atomic E-state index is 0.725. The van der Waals surface area contributed by atoms with Crippen LogP contribution < -0.4 is 4.74 Å². The largest absolute Gasteiger partial charge is 0.497 e. The van der Waals surface area contributed by atoms with Gasteiger partial charge in [0.1, 0.15) is 5.75 Å². The lowest BCUT2D eigenvalue weighted by Gasteiger charge is -2.32. The predicted octanol–water partition coefficient (Wildman–Crippen LogP) is 4.85. The average molecular weight is 344 g/mol. The summed E-state index contributed by atoms with van der Waals surface area (Å²) in [6, 6.07) is 16.7. The van der Waals surface area contributed by atoms with Crippen molar-refractivity contribution in [2.45, 2.75) is 25.7 Å². The third-order valence-corrected chi connectivity index (χ3v) is 5.40. The van der Waals surface area contributed by atoms with E-state index < -0.39 is 0 Å². The van der Waals surface area contributed by atoms with Crippen LogP contribution in [0, 0.1) is 5.92 Å². The van der Waals surface area contributed by atoms with E-state index in [2.05, 4.69) is 41.3 Å². The summed E-state index contributed by atoms with van der Waals surface area (Å²) in [6.45, 7) is 3.55. The first-order valence-electron chi connectivity index (χ1n) is 8.83. The molecule has 1 aliphatic rings. The Labute approximate surface area is 150 Å². The molecule has 0 bridgehead atoms. The van der Waals surface area contributed by atoms with Crippen molar-refractivity contribution in [3.8, 4) is 5.75 Å². The summed E-state index contributed by atoms with van der Waals surface area (Å²) in [4.78, 5) is 2.59. The van der Waals surface area contributed by atoms with Gasteiger partial charge < -0.3 is 9.64 Å². The first-order chi connectivity index (χ1) is 11.7. The molecule has 0 aromatic heterocycles. The first kappa shape index (κ1) is 17.3. The number of hydrogen-bond donors (Lipinski definition) is 0. The molecule has 1 fully saturated rings. The van der Waals surface area contributed by atoms with Crippen LogP contribution in [-0.4, -0.2) is 31.6 Å². The van der Waals surface area contributed by atoms with Crippen molar-refractivity contribution in [1.29, 1.82) is 0 Å². The van der Waals surface area contributed by atoms with E-state index in [1.54, 1.807) is 7.11 Å². The number of nitrogens with zero attached hydrogens (tertiary/aromatic N) is 1. The molecule has 0 aliphatic carbocycles. The second-order valence-electron chi connectivity index (χ2n) is 6.68. The zero-order valence-electron chi connectivity index (χ0n) is 14.4. The van der Waals surface area contributed by atoms with Crippen LogP contribution in [0.2, 0.25) is 5.02 Å². The Morgan fingerprint density at radius 1 is 1.08 bits per heavy atom. The van der Waals surface area contributed by atoms with Crippen LogP contribution in [0.1, 0.15) is 24.0 Å². The average Bonchev–Trinajstić information content (AvgIpc) is 2.64. The molecule has 1 aliphatic heterocycles. The maximum atomic E-state index is 6.35. The van der Waals surface area contributed by atoms with Gasteiger partial charge in [0.2, 0.25) is 0 Å². The third-order valence-electron chi connectivity index (χ3n) is 5.03. The highest BCUT2D eigenvalue weighted by Crippen LogP contribution is 2.28. The molecule has 0 radical (unpaired) electrons. The molecule has 128 valence electrons. The Balaban J connectivity index is 1.47. The van der Waals surface area contributed by atoms with Crippen molar-refractivity contribution in [2.24, 2.45) is 5.92 Å². The number of halogens is 1. The molecule has 24 heavy (non-hydrogen) atoms. The quantitative estimate of drug-likeness (QED) is 0.743. The molecule has 2 nitrogen and oxygen atoms in total. The van der Waals surface area contributed by atoms with Gasteiger partial charge in [0.25, 0.3) is 0 Å². The topological polar surface area (TPSA) is 12.5 Å². The van der Waals surface area contributed by atoms with Crippen LogP contribution in [-0.2, 0) is 12.8 Å². The van der Waals surface area contributed by atoms with Gasteiger partial charge in [0.05, 0.1) is 7.11 Å². The van der Waals surface area contributed by atoms with E-state index >= 15 is 0 Å². The van der Waals surface area contributed by atoms with Crippen molar-refractivity contribution >= 4 is 11.6 Å². The molecule has 0 N–H and O–H groups in total. The van der Waals surface area contributed by atoms with E-state index in [1.807, 2.05) is 12.1 Å². The third kappa shape index (κ3) is 4.75. The summed E-state index contributed by atoms with van der Waals surface area (Å²) in [7, 11) is 1.71. The van der Waals surface area contributed by atoms with Crippen LogP contribution in [0.3, 0.4) is 0 Å². The molecule has 3 rings (SSSR count). The molecule has 2 aromatic rings. The van der Waals surface area contributed by atoms with Gasteiger partial charge in [-0.15, -0.1) is 0 Å². The van der Waals surface area contributed by atoms with Crippen LogP contribution in [0.5, 0.6) is 5.75 Å². The zero-order chi connectivity index (χ0) is 16.8. The Kier molecular flexibility index (Phi) is 6.17. The van der Waals surface area contributed by atoms with E-state index in [0.717, 1.165) is 36.1 Å².